The second-order valence-electron chi connectivity index (χ2n) is 4.18. The van der Waals surface area contributed by atoms with E-state index in [9.17, 15) is 0 Å². The third kappa shape index (κ3) is 3.84. The Kier molecular flexibility index (Phi) is 5.13. The molecule has 0 aliphatic rings. The lowest BCUT2D eigenvalue weighted by Gasteiger charge is -2.14. The maximum absolute atomic E-state index is 5.99. The van der Waals surface area contributed by atoms with Crippen molar-refractivity contribution in [3.63, 3.8) is 0 Å². The van der Waals surface area contributed by atoms with E-state index in [4.69, 9.17) is 17.3 Å². The molecule has 0 saturated heterocycles. The van der Waals surface area contributed by atoms with Crippen molar-refractivity contribution in [2.75, 3.05) is 6.54 Å². The van der Waals surface area contributed by atoms with E-state index in [1.807, 2.05) is 13.0 Å². The number of nitrogens with two attached hydrogens (primary N) is 1. The molecule has 1 aromatic carbocycles. The van der Waals surface area contributed by atoms with Crippen LogP contribution in [0.15, 0.2) is 18.2 Å². The number of hydrogen-bond acceptors (Lipinski definition) is 1. The highest BCUT2D eigenvalue weighted by atomic mass is 35.5. The van der Waals surface area contributed by atoms with Gasteiger partial charge in [0.2, 0.25) is 0 Å². The number of aryl methyl sites for hydroxylation is 1. The summed E-state index contributed by atoms with van der Waals surface area (Å²) in [5, 5.41) is 0.846. The minimum Gasteiger partial charge on any atom is -0.330 e. The van der Waals surface area contributed by atoms with Crippen LogP contribution in [-0.4, -0.2) is 6.54 Å². The molecule has 0 bridgehead atoms. The average molecular weight is 226 g/mol. The van der Waals surface area contributed by atoms with E-state index in [1.54, 1.807) is 0 Å². The molecule has 0 aliphatic heterocycles. The van der Waals surface area contributed by atoms with E-state index in [1.165, 1.54) is 18.4 Å². The van der Waals surface area contributed by atoms with Crippen LogP contribution >= 0.6 is 11.6 Å². The van der Waals surface area contributed by atoms with E-state index >= 15 is 0 Å². The van der Waals surface area contributed by atoms with Gasteiger partial charge in [0.05, 0.1) is 0 Å². The van der Waals surface area contributed by atoms with Gasteiger partial charge in [0.1, 0.15) is 0 Å². The molecule has 1 rings (SSSR count). The van der Waals surface area contributed by atoms with Crippen molar-refractivity contribution in [1.29, 1.82) is 0 Å². The van der Waals surface area contributed by atoms with Gasteiger partial charge in [-0.3, -0.25) is 0 Å². The van der Waals surface area contributed by atoms with Gasteiger partial charge in [0, 0.05) is 5.02 Å². The van der Waals surface area contributed by atoms with Crippen LogP contribution < -0.4 is 5.73 Å². The van der Waals surface area contributed by atoms with Crippen LogP contribution in [0.1, 0.15) is 30.9 Å². The maximum atomic E-state index is 5.99. The first-order valence-corrected chi connectivity index (χ1v) is 6.00. The standard InChI is InChI=1S/C13H20ClN/c1-3-4-12(9-15)8-11-5-6-13(14)10(2)7-11/h5-7,12H,3-4,8-9,15H2,1-2H3. The molecular formula is C13H20ClN. The van der Waals surface area contributed by atoms with Crippen LogP contribution in [0, 0.1) is 12.8 Å². The highest BCUT2D eigenvalue weighted by Crippen LogP contribution is 2.19. The zero-order chi connectivity index (χ0) is 11.3. The van der Waals surface area contributed by atoms with E-state index in [0.717, 1.165) is 23.6 Å². The SMILES string of the molecule is CCCC(CN)Cc1ccc(Cl)c(C)c1. The van der Waals surface area contributed by atoms with Crippen LogP contribution in [-0.2, 0) is 6.42 Å². The molecule has 0 saturated carbocycles. The molecule has 15 heavy (non-hydrogen) atoms. The highest BCUT2D eigenvalue weighted by Gasteiger charge is 2.07. The molecule has 0 heterocycles. The Bertz CT molecular complexity index is 309. The van der Waals surface area contributed by atoms with Crippen LogP contribution in [0.3, 0.4) is 0 Å². The fourth-order valence-corrected chi connectivity index (χ4v) is 2.00. The normalized spacial score (nSPS) is 12.8. The molecule has 0 spiro atoms. The Morgan fingerprint density at radius 3 is 2.67 bits per heavy atom. The molecule has 0 fully saturated rings. The molecular weight excluding hydrogens is 206 g/mol. The number of hydrogen-bond donors (Lipinski definition) is 1. The third-order valence-electron chi connectivity index (χ3n) is 2.78. The Balaban J connectivity index is 2.66. The van der Waals surface area contributed by atoms with Gasteiger partial charge in [-0.15, -0.1) is 0 Å². The summed E-state index contributed by atoms with van der Waals surface area (Å²) in [4.78, 5) is 0. The Hall–Kier alpha value is -0.530. The summed E-state index contributed by atoms with van der Waals surface area (Å²) >= 11 is 5.99. The van der Waals surface area contributed by atoms with Gasteiger partial charge >= 0.3 is 0 Å². The van der Waals surface area contributed by atoms with Crippen LogP contribution in [0.2, 0.25) is 5.02 Å². The average Bonchev–Trinajstić information content (AvgIpc) is 2.23. The maximum Gasteiger partial charge on any atom is 0.0435 e. The van der Waals surface area contributed by atoms with Gasteiger partial charge in [0.25, 0.3) is 0 Å². The monoisotopic (exact) mass is 225 g/mol. The topological polar surface area (TPSA) is 26.0 Å². The van der Waals surface area contributed by atoms with Gasteiger partial charge in [-0.05, 0) is 49.4 Å². The zero-order valence-electron chi connectivity index (χ0n) is 9.59. The summed E-state index contributed by atoms with van der Waals surface area (Å²) < 4.78 is 0. The summed E-state index contributed by atoms with van der Waals surface area (Å²) in [7, 11) is 0. The third-order valence-corrected chi connectivity index (χ3v) is 3.20. The number of rotatable bonds is 5. The lowest BCUT2D eigenvalue weighted by molar-refractivity contribution is 0.487. The summed E-state index contributed by atoms with van der Waals surface area (Å²) in [6.45, 7) is 5.02. The first-order valence-electron chi connectivity index (χ1n) is 5.62. The summed E-state index contributed by atoms with van der Waals surface area (Å²) in [5.41, 5.74) is 8.25. The minimum absolute atomic E-state index is 0.607. The molecule has 0 aromatic heterocycles. The lowest BCUT2D eigenvalue weighted by atomic mass is 9.94. The molecule has 2 N–H and O–H groups in total. The summed E-state index contributed by atoms with van der Waals surface area (Å²) in [5.74, 6) is 0.607. The van der Waals surface area contributed by atoms with Gasteiger partial charge in [-0.25, -0.2) is 0 Å². The largest absolute Gasteiger partial charge is 0.330 e. The van der Waals surface area contributed by atoms with Crippen molar-refractivity contribution in [3.05, 3.63) is 34.3 Å². The Morgan fingerprint density at radius 1 is 1.40 bits per heavy atom. The highest BCUT2D eigenvalue weighted by molar-refractivity contribution is 6.31. The molecule has 0 aliphatic carbocycles. The van der Waals surface area contributed by atoms with E-state index < -0.39 is 0 Å². The van der Waals surface area contributed by atoms with Crippen molar-refractivity contribution < 1.29 is 0 Å². The molecule has 0 radical (unpaired) electrons. The second-order valence-corrected chi connectivity index (χ2v) is 4.59. The van der Waals surface area contributed by atoms with Crippen LogP contribution in [0.5, 0.6) is 0 Å². The number of halogens is 1. The van der Waals surface area contributed by atoms with Gasteiger partial charge < -0.3 is 5.73 Å². The van der Waals surface area contributed by atoms with Crippen molar-refractivity contribution in [2.45, 2.75) is 33.1 Å². The Morgan fingerprint density at radius 2 is 2.13 bits per heavy atom. The fourth-order valence-electron chi connectivity index (χ4n) is 1.88. The molecule has 84 valence electrons. The first-order chi connectivity index (χ1) is 7.17. The van der Waals surface area contributed by atoms with Gasteiger partial charge in [0.15, 0.2) is 0 Å². The fraction of sp³-hybridized carbons (Fsp3) is 0.538. The van der Waals surface area contributed by atoms with Crippen molar-refractivity contribution in [3.8, 4) is 0 Å². The number of benzene rings is 1. The minimum atomic E-state index is 0.607. The zero-order valence-corrected chi connectivity index (χ0v) is 10.3. The predicted molar refractivity (Wildman–Crippen MR) is 67.3 cm³/mol. The smallest absolute Gasteiger partial charge is 0.0435 e. The molecule has 1 nitrogen and oxygen atoms in total. The molecule has 1 atom stereocenters. The second kappa shape index (κ2) is 6.14. The van der Waals surface area contributed by atoms with E-state index in [-0.39, 0.29) is 0 Å². The quantitative estimate of drug-likeness (QED) is 0.815. The van der Waals surface area contributed by atoms with Gasteiger partial charge in [-0.1, -0.05) is 37.1 Å². The van der Waals surface area contributed by atoms with Crippen LogP contribution in [0.4, 0.5) is 0 Å². The first kappa shape index (κ1) is 12.5. The Labute approximate surface area is 97.6 Å². The summed E-state index contributed by atoms with van der Waals surface area (Å²) in [6.07, 6.45) is 3.48. The van der Waals surface area contributed by atoms with Gasteiger partial charge in [-0.2, -0.15) is 0 Å². The van der Waals surface area contributed by atoms with Crippen LogP contribution in [0.25, 0.3) is 0 Å². The summed E-state index contributed by atoms with van der Waals surface area (Å²) in [6, 6.07) is 6.25. The molecule has 1 unspecified atom stereocenters. The molecule has 2 heteroatoms. The van der Waals surface area contributed by atoms with Crippen molar-refractivity contribution in [1.82, 2.24) is 0 Å². The van der Waals surface area contributed by atoms with Crippen molar-refractivity contribution >= 4 is 11.6 Å². The van der Waals surface area contributed by atoms with E-state index in [0.29, 0.717) is 5.92 Å². The van der Waals surface area contributed by atoms with E-state index in [2.05, 4.69) is 19.1 Å². The molecule has 1 aromatic rings. The lowest BCUT2D eigenvalue weighted by Crippen LogP contribution is -2.16. The van der Waals surface area contributed by atoms with Crippen molar-refractivity contribution in [2.24, 2.45) is 11.7 Å². The predicted octanol–water partition coefficient (Wildman–Crippen LogP) is 3.57. The molecule has 0 amide bonds.